The van der Waals surface area contributed by atoms with E-state index in [1.807, 2.05) is 31.1 Å². The van der Waals surface area contributed by atoms with E-state index in [1.54, 1.807) is 30.0 Å². The van der Waals surface area contributed by atoms with Gasteiger partial charge in [-0.1, -0.05) is 0 Å². The van der Waals surface area contributed by atoms with E-state index in [0.717, 1.165) is 0 Å². The van der Waals surface area contributed by atoms with Gasteiger partial charge in [0.2, 0.25) is 5.43 Å². The van der Waals surface area contributed by atoms with E-state index >= 15 is 0 Å². The standard InChI is InChI=1S/C27H34N6O6S/c1-27(2,3)39-22(35)11-29-19-14-32(15-20(19)38-4)21-6-5-17-23(36)18(25(37)31-9-7-16(34)12-31)13-33(24(17)30-21)26-28-8-10-40-26/h5-6,8,10,13,16,19-20,29,34H,7,9,11-12,14-15H2,1-4H3/t16?,19-,20-/m1/s1. The van der Waals surface area contributed by atoms with E-state index in [1.165, 1.54) is 22.4 Å². The molecule has 3 aromatic rings. The van der Waals surface area contributed by atoms with Crippen molar-refractivity contribution in [1.82, 2.24) is 24.8 Å². The molecular weight excluding hydrogens is 536 g/mol. The van der Waals surface area contributed by atoms with Crippen molar-refractivity contribution in [2.24, 2.45) is 0 Å². The van der Waals surface area contributed by atoms with Crippen LogP contribution in [0, 0.1) is 0 Å². The van der Waals surface area contributed by atoms with Crippen LogP contribution in [0.25, 0.3) is 16.2 Å². The Morgan fingerprint density at radius 3 is 2.67 bits per heavy atom. The number of ether oxygens (including phenoxy) is 2. The zero-order chi connectivity index (χ0) is 28.6. The second-order valence-corrected chi connectivity index (χ2v) is 11.9. The van der Waals surface area contributed by atoms with Gasteiger partial charge in [0.15, 0.2) is 10.8 Å². The molecule has 0 bridgehead atoms. The lowest BCUT2D eigenvalue weighted by Crippen LogP contribution is -2.44. The van der Waals surface area contributed by atoms with Crippen LogP contribution in [0.1, 0.15) is 37.6 Å². The minimum absolute atomic E-state index is 0.0124. The molecule has 0 aliphatic carbocycles. The minimum Gasteiger partial charge on any atom is -0.459 e. The minimum atomic E-state index is -0.589. The van der Waals surface area contributed by atoms with Gasteiger partial charge in [0.1, 0.15) is 17.0 Å². The number of carbonyl (C=O) groups is 2. The Kier molecular flexibility index (Phi) is 7.91. The largest absolute Gasteiger partial charge is 0.459 e. The van der Waals surface area contributed by atoms with Crippen molar-refractivity contribution in [1.29, 1.82) is 0 Å². The number of pyridine rings is 2. The molecule has 1 unspecified atom stereocenters. The van der Waals surface area contributed by atoms with Crippen molar-refractivity contribution in [2.45, 2.75) is 51.0 Å². The molecule has 5 rings (SSSR count). The lowest BCUT2D eigenvalue weighted by atomic mass is 10.1. The van der Waals surface area contributed by atoms with Gasteiger partial charge in [0, 0.05) is 51.1 Å². The Bertz CT molecular complexity index is 1450. The van der Waals surface area contributed by atoms with Crippen LogP contribution in [-0.2, 0) is 14.3 Å². The molecule has 2 saturated heterocycles. The smallest absolute Gasteiger partial charge is 0.320 e. The number of thiazole rings is 1. The Balaban J connectivity index is 1.44. The van der Waals surface area contributed by atoms with Crippen LogP contribution in [0.15, 0.2) is 34.7 Å². The number of likely N-dealkylation sites (tertiary alicyclic amines) is 1. The number of methoxy groups -OCH3 is 1. The Labute approximate surface area is 235 Å². The second-order valence-electron chi connectivity index (χ2n) is 11.0. The number of aliphatic hydroxyl groups excluding tert-OH is 1. The normalized spacial score (nSPS) is 21.4. The highest BCUT2D eigenvalue weighted by molar-refractivity contribution is 7.12. The molecular formula is C27H34N6O6S. The number of hydrogen-bond acceptors (Lipinski definition) is 11. The van der Waals surface area contributed by atoms with Crippen molar-refractivity contribution in [2.75, 3.05) is 44.7 Å². The van der Waals surface area contributed by atoms with E-state index in [0.29, 0.717) is 48.0 Å². The lowest BCUT2D eigenvalue weighted by Gasteiger charge is -2.22. The molecule has 0 saturated carbocycles. The summed E-state index contributed by atoms with van der Waals surface area (Å²) >= 11 is 1.36. The monoisotopic (exact) mass is 570 g/mol. The summed E-state index contributed by atoms with van der Waals surface area (Å²) in [5.41, 5.74) is -0.585. The summed E-state index contributed by atoms with van der Waals surface area (Å²) in [5, 5.41) is 15.8. The quantitative estimate of drug-likeness (QED) is 0.398. The molecule has 40 heavy (non-hydrogen) atoms. The summed E-state index contributed by atoms with van der Waals surface area (Å²) in [5.74, 6) is -0.132. The maximum Gasteiger partial charge on any atom is 0.320 e. The molecule has 5 heterocycles. The molecule has 3 aromatic heterocycles. The summed E-state index contributed by atoms with van der Waals surface area (Å²) in [6.07, 6.45) is 2.85. The van der Waals surface area contributed by atoms with Crippen LogP contribution in [0.5, 0.6) is 0 Å². The third kappa shape index (κ3) is 5.87. The van der Waals surface area contributed by atoms with Crippen LogP contribution in [0.4, 0.5) is 5.82 Å². The number of anilines is 1. The van der Waals surface area contributed by atoms with Crippen molar-refractivity contribution < 1.29 is 24.2 Å². The van der Waals surface area contributed by atoms with E-state index in [9.17, 15) is 19.5 Å². The number of fused-ring (bicyclic) bond motifs is 1. The van der Waals surface area contributed by atoms with Gasteiger partial charge >= 0.3 is 5.97 Å². The molecule has 2 N–H and O–H groups in total. The van der Waals surface area contributed by atoms with E-state index in [4.69, 9.17) is 14.5 Å². The SMILES string of the molecule is CO[C@@H]1CN(c2ccc3c(=O)c(C(=O)N4CCC(O)C4)cn(-c4nccs4)c3n2)C[C@H]1NCC(=O)OC(C)(C)C. The summed E-state index contributed by atoms with van der Waals surface area (Å²) < 4.78 is 12.8. The van der Waals surface area contributed by atoms with Gasteiger partial charge in [-0.25, -0.2) is 9.97 Å². The number of amides is 1. The van der Waals surface area contributed by atoms with Gasteiger partial charge in [-0.3, -0.25) is 24.3 Å². The van der Waals surface area contributed by atoms with E-state index < -0.39 is 23.0 Å². The maximum atomic E-state index is 13.5. The fraction of sp³-hybridized carbons (Fsp3) is 0.519. The first kappa shape index (κ1) is 28.1. The van der Waals surface area contributed by atoms with Gasteiger partial charge in [0.25, 0.3) is 5.91 Å². The number of aromatic nitrogens is 3. The second kappa shape index (κ2) is 11.2. The van der Waals surface area contributed by atoms with Gasteiger partial charge in [-0.15, -0.1) is 11.3 Å². The number of nitrogens with one attached hydrogen (secondary N) is 1. The molecule has 12 nitrogen and oxygen atoms in total. The van der Waals surface area contributed by atoms with Crippen LogP contribution < -0.4 is 15.6 Å². The average Bonchev–Trinajstić information content (AvgIpc) is 3.67. The number of esters is 1. The summed E-state index contributed by atoms with van der Waals surface area (Å²) in [4.78, 5) is 51.8. The zero-order valence-corrected chi connectivity index (χ0v) is 23.8. The Morgan fingerprint density at radius 1 is 1.23 bits per heavy atom. The summed E-state index contributed by atoms with van der Waals surface area (Å²) in [6.45, 7) is 7.17. The fourth-order valence-electron chi connectivity index (χ4n) is 5.09. The third-order valence-corrected chi connectivity index (χ3v) is 7.73. The average molecular weight is 571 g/mol. The summed E-state index contributed by atoms with van der Waals surface area (Å²) in [6, 6.07) is 3.29. The molecule has 13 heteroatoms. The Morgan fingerprint density at radius 2 is 2.02 bits per heavy atom. The third-order valence-electron chi connectivity index (χ3n) is 6.96. The van der Waals surface area contributed by atoms with Crippen LogP contribution in [0.3, 0.4) is 0 Å². The first-order chi connectivity index (χ1) is 19.0. The molecule has 3 atom stereocenters. The van der Waals surface area contributed by atoms with Gasteiger partial charge < -0.3 is 24.4 Å². The molecule has 0 aromatic carbocycles. The van der Waals surface area contributed by atoms with Crippen LogP contribution >= 0.6 is 11.3 Å². The number of aliphatic hydroxyl groups is 1. The highest BCUT2D eigenvalue weighted by Crippen LogP contribution is 2.25. The first-order valence-electron chi connectivity index (χ1n) is 13.2. The van der Waals surface area contributed by atoms with Gasteiger partial charge in [0.05, 0.1) is 30.2 Å². The van der Waals surface area contributed by atoms with Crippen molar-refractivity contribution in [3.05, 3.63) is 45.7 Å². The molecule has 0 radical (unpaired) electrons. The van der Waals surface area contributed by atoms with Crippen LogP contribution in [-0.4, -0.2) is 100 Å². The highest BCUT2D eigenvalue weighted by atomic mass is 32.1. The Hall–Kier alpha value is -3.39. The summed E-state index contributed by atoms with van der Waals surface area (Å²) in [7, 11) is 1.63. The van der Waals surface area contributed by atoms with Crippen molar-refractivity contribution >= 4 is 40.1 Å². The number of hydrogen-bond donors (Lipinski definition) is 2. The molecule has 2 aliphatic rings. The van der Waals surface area contributed by atoms with Crippen molar-refractivity contribution in [3.8, 4) is 5.13 Å². The molecule has 214 valence electrons. The number of rotatable bonds is 7. The number of carbonyl (C=O) groups excluding carboxylic acids is 2. The zero-order valence-electron chi connectivity index (χ0n) is 23.0. The first-order valence-corrected chi connectivity index (χ1v) is 14.1. The molecule has 2 aliphatic heterocycles. The molecule has 0 spiro atoms. The molecule has 1 amide bonds. The highest BCUT2D eigenvalue weighted by Gasteiger charge is 2.35. The van der Waals surface area contributed by atoms with E-state index in [-0.39, 0.29) is 36.8 Å². The lowest BCUT2D eigenvalue weighted by molar-refractivity contribution is -0.153. The maximum absolute atomic E-state index is 13.5. The van der Waals surface area contributed by atoms with E-state index in [2.05, 4.69) is 10.3 Å². The van der Waals surface area contributed by atoms with Gasteiger partial charge in [-0.2, -0.15) is 0 Å². The predicted molar refractivity (Wildman–Crippen MR) is 150 cm³/mol. The predicted octanol–water partition coefficient (Wildman–Crippen LogP) is 1.18. The number of β-amino-alcohol motifs (C(OH)–C–C–N with tert-alkyl or cyclic N) is 1. The van der Waals surface area contributed by atoms with Crippen molar-refractivity contribution in [3.63, 3.8) is 0 Å². The van der Waals surface area contributed by atoms with Gasteiger partial charge in [-0.05, 0) is 39.3 Å². The van der Waals surface area contributed by atoms with Crippen LogP contribution in [0.2, 0.25) is 0 Å². The number of nitrogens with zero attached hydrogens (tertiary/aromatic N) is 5. The molecule has 2 fully saturated rings. The fourth-order valence-corrected chi connectivity index (χ4v) is 5.70. The topological polar surface area (TPSA) is 139 Å².